The van der Waals surface area contributed by atoms with Crippen LogP contribution in [0.2, 0.25) is 15.1 Å². The van der Waals surface area contributed by atoms with Gasteiger partial charge in [0, 0.05) is 5.02 Å². The van der Waals surface area contributed by atoms with E-state index in [9.17, 15) is 0 Å². The van der Waals surface area contributed by atoms with Crippen LogP contribution in [0.5, 0.6) is 0 Å². The minimum atomic E-state index is -0.195. The zero-order valence-electron chi connectivity index (χ0n) is 11.2. The van der Waals surface area contributed by atoms with Crippen LogP contribution in [0.4, 0.5) is 0 Å². The topological polar surface area (TPSA) is 0 Å². The molecule has 0 bridgehead atoms. The van der Waals surface area contributed by atoms with E-state index < -0.39 is 0 Å². The first kappa shape index (κ1) is 16.0. The highest BCUT2D eigenvalue weighted by Gasteiger charge is 2.14. The lowest BCUT2D eigenvalue weighted by Gasteiger charge is -2.14. The highest BCUT2D eigenvalue weighted by Crippen LogP contribution is 2.34. The second kappa shape index (κ2) is 6.58. The van der Waals surface area contributed by atoms with Crippen molar-refractivity contribution in [3.63, 3.8) is 0 Å². The molecule has 1 atom stereocenters. The summed E-state index contributed by atoms with van der Waals surface area (Å²) in [5.74, 6) is 0. The van der Waals surface area contributed by atoms with E-state index in [4.69, 9.17) is 46.4 Å². The molecular weight excluding hydrogens is 334 g/mol. The Bertz CT molecular complexity index is 635. The third kappa shape index (κ3) is 3.62. The zero-order valence-corrected chi connectivity index (χ0v) is 14.2. The molecule has 2 aromatic rings. The molecule has 0 heterocycles. The summed E-state index contributed by atoms with van der Waals surface area (Å²) in [5.41, 5.74) is 4.33. The van der Waals surface area contributed by atoms with Crippen molar-refractivity contribution >= 4 is 46.4 Å². The number of hydrogen-bond acceptors (Lipinski definition) is 0. The molecule has 0 saturated heterocycles. The van der Waals surface area contributed by atoms with E-state index in [1.54, 1.807) is 6.07 Å². The molecule has 20 heavy (non-hydrogen) atoms. The van der Waals surface area contributed by atoms with E-state index in [0.717, 1.165) is 16.7 Å². The summed E-state index contributed by atoms with van der Waals surface area (Å²) in [7, 11) is 0. The van der Waals surface area contributed by atoms with E-state index in [0.29, 0.717) is 21.5 Å². The van der Waals surface area contributed by atoms with Crippen LogP contribution < -0.4 is 0 Å². The molecule has 0 aliphatic heterocycles. The number of rotatable bonds is 3. The van der Waals surface area contributed by atoms with Crippen LogP contribution in [0.1, 0.15) is 27.6 Å². The van der Waals surface area contributed by atoms with Crippen LogP contribution >= 0.6 is 46.4 Å². The largest absolute Gasteiger partial charge is 0.117 e. The first-order chi connectivity index (χ1) is 9.38. The molecule has 0 N–H and O–H groups in total. The predicted octanol–water partition coefficient (Wildman–Crippen LogP) is 6.79. The Morgan fingerprint density at radius 2 is 1.50 bits per heavy atom. The fourth-order valence-electron chi connectivity index (χ4n) is 2.03. The molecule has 1 unspecified atom stereocenters. The van der Waals surface area contributed by atoms with Crippen molar-refractivity contribution in [3.05, 3.63) is 67.7 Å². The first-order valence-electron chi connectivity index (χ1n) is 6.23. The van der Waals surface area contributed by atoms with Gasteiger partial charge in [0.15, 0.2) is 0 Å². The third-order valence-corrected chi connectivity index (χ3v) is 4.81. The molecule has 0 aliphatic rings. The maximum Gasteiger partial charge on any atom is 0.0640 e. The fraction of sp³-hybridized carbons (Fsp3) is 0.250. The summed E-state index contributed by atoms with van der Waals surface area (Å²) >= 11 is 24.7. The molecule has 0 spiro atoms. The maximum absolute atomic E-state index is 6.50. The Morgan fingerprint density at radius 1 is 0.850 bits per heavy atom. The third-order valence-electron chi connectivity index (χ3n) is 3.35. The van der Waals surface area contributed by atoms with Gasteiger partial charge in [0.05, 0.1) is 15.4 Å². The van der Waals surface area contributed by atoms with Gasteiger partial charge in [-0.05, 0) is 60.7 Å². The standard InChI is InChI=1S/C16H14Cl4/c1-9-5-12(14(18)6-10(9)2)15(19)7-11-3-4-13(17)16(20)8-11/h3-6,8,15H,7H2,1-2H3. The van der Waals surface area contributed by atoms with Crippen molar-refractivity contribution in [2.24, 2.45) is 0 Å². The highest BCUT2D eigenvalue weighted by molar-refractivity contribution is 6.42. The van der Waals surface area contributed by atoms with Crippen molar-refractivity contribution in [1.82, 2.24) is 0 Å². The van der Waals surface area contributed by atoms with Gasteiger partial charge in [-0.3, -0.25) is 0 Å². The number of hydrogen-bond donors (Lipinski definition) is 0. The van der Waals surface area contributed by atoms with E-state index in [2.05, 4.69) is 6.92 Å². The van der Waals surface area contributed by atoms with Crippen LogP contribution in [0.15, 0.2) is 30.3 Å². The SMILES string of the molecule is Cc1cc(Cl)c(C(Cl)Cc2ccc(Cl)c(Cl)c2)cc1C. The van der Waals surface area contributed by atoms with Gasteiger partial charge >= 0.3 is 0 Å². The molecule has 0 nitrogen and oxygen atoms in total. The van der Waals surface area contributed by atoms with Gasteiger partial charge in [-0.2, -0.15) is 0 Å². The Labute approximate surface area is 139 Å². The van der Waals surface area contributed by atoms with E-state index >= 15 is 0 Å². The summed E-state index contributed by atoms with van der Waals surface area (Å²) in [5, 5.41) is 1.59. The summed E-state index contributed by atoms with van der Waals surface area (Å²) < 4.78 is 0. The lowest BCUT2D eigenvalue weighted by molar-refractivity contribution is 0.917. The Balaban J connectivity index is 2.25. The number of aryl methyl sites for hydroxylation is 2. The molecule has 0 radical (unpaired) electrons. The van der Waals surface area contributed by atoms with Gasteiger partial charge in [0.2, 0.25) is 0 Å². The van der Waals surface area contributed by atoms with E-state index in [-0.39, 0.29) is 5.38 Å². The van der Waals surface area contributed by atoms with Gasteiger partial charge in [-0.1, -0.05) is 46.9 Å². The second-order valence-electron chi connectivity index (χ2n) is 4.88. The molecule has 106 valence electrons. The second-order valence-corrected chi connectivity index (χ2v) is 6.63. The molecule has 0 saturated carbocycles. The number of halogens is 4. The minimum absolute atomic E-state index is 0.195. The average Bonchev–Trinajstić information content (AvgIpc) is 2.38. The monoisotopic (exact) mass is 346 g/mol. The van der Waals surface area contributed by atoms with Crippen molar-refractivity contribution in [1.29, 1.82) is 0 Å². The summed E-state index contributed by atoms with van der Waals surface area (Å²) in [4.78, 5) is 0. The summed E-state index contributed by atoms with van der Waals surface area (Å²) in [6.45, 7) is 4.09. The Kier molecular flexibility index (Phi) is 5.25. The lowest BCUT2D eigenvalue weighted by atomic mass is 10.00. The van der Waals surface area contributed by atoms with Gasteiger partial charge in [-0.15, -0.1) is 11.6 Å². The fourth-order valence-corrected chi connectivity index (χ4v) is 3.11. The molecule has 0 amide bonds. The highest BCUT2D eigenvalue weighted by atomic mass is 35.5. The van der Waals surface area contributed by atoms with Crippen molar-refractivity contribution in [2.45, 2.75) is 25.6 Å². The van der Waals surface area contributed by atoms with Crippen LogP contribution in [0.25, 0.3) is 0 Å². The Morgan fingerprint density at radius 3 is 2.15 bits per heavy atom. The molecule has 0 fully saturated rings. The molecule has 4 heteroatoms. The van der Waals surface area contributed by atoms with Crippen molar-refractivity contribution in [3.8, 4) is 0 Å². The van der Waals surface area contributed by atoms with E-state index in [1.165, 1.54) is 5.56 Å². The summed E-state index contributed by atoms with van der Waals surface area (Å²) in [6, 6.07) is 9.56. The lowest BCUT2D eigenvalue weighted by Crippen LogP contribution is -1.99. The van der Waals surface area contributed by atoms with Gasteiger partial charge in [-0.25, -0.2) is 0 Å². The first-order valence-corrected chi connectivity index (χ1v) is 7.80. The number of alkyl halides is 1. The zero-order chi connectivity index (χ0) is 14.9. The molecule has 2 aromatic carbocycles. The van der Waals surface area contributed by atoms with Gasteiger partial charge in [0.1, 0.15) is 0 Å². The van der Waals surface area contributed by atoms with Crippen LogP contribution in [-0.4, -0.2) is 0 Å². The minimum Gasteiger partial charge on any atom is -0.117 e. The number of benzene rings is 2. The van der Waals surface area contributed by atoms with Crippen molar-refractivity contribution < 1.29 is 0 Å². The van der Waals surface area contributed by atoms with Crippen molar-refractivity contribution in [2.75, 3.05) is 0 Å². The van der Waals surface area contributed by atoms with Gasteiger partial charge in [0.25, 0.3) is 0 Å². The van der Waals surface area contributed by atoms with Crippen LogP contribution in [0.3, 0.4) is 0 Å². The molecule has 0 aliphatic carbocycles. The molecular formula is C16H14Cl4. The molecule has 2 rings (SSSR count). The smallest absolute Gasteiger partial charge is 0.0640 e. The van der Waals surface area contributed by atoms with Gasteiger partial charge < -0.3 is 0 Å². The molecule has 0 aromatic heterocycles. The Hall–Kier alpha value is -0.400. The maximum atomic E-state index is 6.50. The van der Waals surface area contributed by atoms with Crippen LogP contribution in [0, 0.1) is 13.8 Å². The quantitative estimate of drug-likeness (QED) is 0.536. The predicted molar refractivity (Wildman–Crippen MR) is 89.7 cm³/mol. The van der Waals surface area contributed by atoms with E-state index in [1.807, 2.05) is 31.2 Å². The average molecular weight is 348 g/mol. The normalized spacial score (nSPS) is 12.5. The summed E-state index contributed by atoms with van der Waals surface area (Å²) in [6.07, 6.45) is 0.653. The van der Waals surface area contributed by atoms with Crippen LogP contribution in [-0.2, 0) is 6.42 Å².